The van der Waals surface area contributed by atoms with Gasteiger partial charge in [-0.15, -0.1) is 24.0 Å². The molecule has 0 radical (unpaired) electrons. The molecule has 4 rings (SSSR count). The van der Waals surface area contributed by atoms with Crippen molar-refractivity contribution in [3.05, 3.63) is 29.8 Å². The Bertz CT molecular complexity index is 625. The lowest BCUT2D eigenvalue weighted by Gasteiger charge is -2.29. The van der Waals surface area contributed by atoms with Crippen LogP contribution >= 0.6 is 24.0 Å². The molecule has 150 valence electrons. The Hall–Kier alpha value is -1.06. The van der Waals surface area contributed by atoms with Crippen LogP contribution in [0.5, 0.6) is 0 Å². The summed E-state index contributed by atoms with van der Waals surface area (Å²) in [7, 11) is 1.88. The number of likely N-dealkylation sites (tertiary alicyclic amines) is 1. The molecule has 0 bridgehead atoms. The summed E-state index contributed by atoms with van der Waals surface area (Å²) in [5.41, 5.74) is 2.92. The number of ether oxygens (including phenoxy) is 2. The number of morpholine rings is 1. The molecule has 3 aliphatic rings. The van der Waals surface area contributed by atoms with Gasteiger partial charge in [-0.05, 0) is 30.5 Å². The first-order valence-corrected chi connectivity index (χ1v) is 9.73. The maximum Gasteiger partial charge on any atom is 0.193 e. The van der Waals surface area contributed by atoms with Crippen LogP contribution in [0.2, 0.25) is 0 Å². The number of nitrogens with zero attached hydrogens (tertiary/aromatic N) is 3. The van der Waals surface area contributed by atoms with Crippen molar-refractivity contribution in [2.45, 2.75) is 19.4 Å². The first-order valence-electron chi connectivity index (χ1n) is 9.73. The lowest BCUT2D eigenvalue weighted by atomic mass is 9.87. The Morgan fingerprint density at radius 3 is 2.52 bits per heavy atom. The Kier molecular flexibility index (Phi) is 7.22. The molecule has 1 aromatic carbocycles. The molecule has 6 nitrogen and oxygen atoms in total. The number of aliphatic imine (C=N–C) groups is 1. The van der Waals surface area contributed by atoms with Crippen molar-refractivity contribution in [1.82, 2.24) is 10.2 Å². The van der Waals surface area contributed by atoms with Crippen molar-refractivity contribution in [3.8, 4) is 0 Å². The minimum Gasteiger partial charge on any atom is -0.381 e. The van der Waals surface area contributed by atoms with E-state index in [1.165, 1.54) is 24.1 Å². The zero-order valence-corrected chi connectivity index (χ0v) is 18.5. The molecule has 3 heterocycles. The molecule has 7 heteroatoms. The van der Waals surface area contributed by atoms with Crippen molar-refractivity contribution in [2.24, 2.45) is 10.4 Å². The highest BCUT2D eigenvalue weighted by Crippen LogP contribution is 2.38. The smallest absolute Gasteiger partial charge is 0.193 e. The quantitative estimate of drug-likeness (QED) is 0.404. The van der Waals surface area contributed by atoms with Gasteiger partial charge in [0.2, 0.25) is 0 Å². The maximum absolute atomic E-state index is 5.64. The normalized spacial score (nSPS) is 25.7. The minimum atomic E-state index is 0. The zero-order valence-electron chi connectivity index (χ0n) is 16.2. The van der Waals surface area contributed by atoms with E-state index in [1.807, 2.05) is 7.05 Å². The molecule has 1 N–H and O–H groups in total. The number of hydrogen-bond acceptors (Lipinski definition) is 4. The molecular weight excluding hydrogens is 455 g/mol. The molecule has 3 fully saturated rings. The number of nitrogens with one attached hydrogen (secondary N) is 1. The molecule has 3 aliphatic heterocycles. The van der Waals surface area contributed by atoms with Gasteiger partial charge in [0.05, 0.1) is 19.8 Å². The molecule has 0 aliphatic carbocycles. The number of benzene rings is 1. The van der Waals surface area contributed by atoms with E-state index in [0.717, 1.165) is 65.1 Å². The third kappa shape index (κ3) is 4.86. The average molecular weight is 486 g/mol. The highest BCUT2D eigenvalue weighted by molar-refractivity contribution is 14.0. The highest BCUT2D eigenvalue weighted by atomic mass is 127. The van der Waals surface area contributed by atoms with Crippen LogP contribution in [0.1, 0.15) is 18.4 Å². The molecule has 1 unspecified atom stereocenters. The van der Waals surface area contributed by atoms with E-state index >= 15 is 0 Å². The summed E-state index contributed by atoms with van der Waals surface area (Å²) in [6.45, 7) is 8.34. The fourth-order valence-corrected chi connectivity index (χ4v) is 4.25. The zero-order chi connectivity index (χ0) is 17.8. The molecule has 1 aromatic rings. The number of rotatable bonds is 3. The van der Waals surface area contributed by atoms with Gasteiger partial charge in [-0.1, -0.05) is 12.1 Å². The van der Waals surface area contributed by atoms with Gasteiger partial charge in [0, 0.05) is 57.5 Å². The standard InChI is InChI=1S/C20H30N4O2.HI/c1-21-19(24-8-6-20(15-24)7-11-26-16-20)22-14-17-2-4-18(5-3-17)23-9-12-25-13-10-23;/h2-5H,6-16H2,1H3,(H,21,22);1H. The molecule has 3 saturated heterocycles. The predicted molar refractivity (Wildman–Crippen MR) is 119 cm³/mol. The summed E-state index contributed by atoms with van der Waals surface area (Å²) >= 11 is 0. The van der Waals surface area contributed by atoms with Gasteiger partial charge in [0.15, 0.2) is 5.96 Å². The number of anilines is 1. The molecular formula is C20H31IN4O2. The Morgan fingerprint density at radius 1 is 1.07 bits per heavy atom. The van der Waals surface area contributed by atoms with Gasteiger partial charge >= 0.3 is 0 Å². The van der Waals surface area contributed by atoms with Gasteiger partial charge < -0.3 is 24.6 Å². The molecule has 1 atom stereocenters. The van der Waals surface area contributed by atoms with Gasteiger partial charge in [0.1, 0.15) is 0 Å². The van der Waals surface area contributed by atoms with E-state index in [9.17, 15) is 0 Å². The summed E-state index contributed by atoms with van der Waals surface area (Å²) in [4.78, 5) is 9.27. The van der Waals surface area contributed by atoms with Crippen LogP contribution in [-0.4, -0.2) is 70.5 Å². The summed E-state index contributed by atoms with van der Waals surface area (Å²) in [6, 6.07) is 8.85. The number of hydrogen-bond donors (Lipinski definition) is 1. The second-order valence-electron chi connectivity index (χ2n) is 7.64. The fraction of sp³-hybridized carbons (Fsp3) is 0.650. The molecule has 0 aromatic heterocycles. The van der Waals surface area contributed by atoms with Crippen molar-refractivity contribution in [3.63, 3.8) is 0 Å². The van der Waals surface area contributed by atoms with Crippen molar-refractivity contribution >= 4 is 35.6 Å². The Balaban J connectivity index is 0.00000210. The van der Waals surface area contributed by atoms with E-state index in [-0.39, 0.29) is 24.0 Å². The average Bonchev–Trinajstić information content (AvgIpc) is 3.34. The maximum atomic E-state index is 5.64. The van der Waals surface area contributed by atoms with Crippen LogP contribution in [0, 0.1) is 5.41 Å². The van der Waals surface area contributed by atoms with E-state index in [1.54, 1.807) is 0 Å². The molecule has 1 spiro atoms. The monoisotopic (exact) mass is 486 g/mol. The Labute approximate surface area is 179 Å². The first kappa shape index (κ1) is 20.7. The number of guanidine groups is 1. The van der Waals surface area contributed by atoms with E-state index < -0.39 is 0 Å². The van der Waals surface area contributed by atoms with Gasteiger partial charge in [0.25, 0.3) is 0 Å². The van der Waals surface area contributed by atoms with E-state index in [2.05, 4.69) is 44.4 Å². The third-order valence-electron chi connectivity index (χ3n) is 5.90. The summed E-state index contributed by atoms with van der Waals surface area (Å²) in [5, 5.41) is 3.53. The second kappa shape index (κ2) is 9.43. The second-order valence-corrected chi connectivity index (χ2v) is 7.64. The third-order valence-corrected chi connectivity index (χ3v) is 5.90. The lowest BCUT2D eigenvalue weighted by molar-refractivity contribution is 0.122. The largest absolute Gasteiger partial charge is 0.381 e. The van der Waals surface area contributed by atoms with E-state index in [0.29, 0.717) is 5.41 Å². The highest BCUT2D eigenvalue weighted by Gasteiger charge is 2.42. The van der Waals surface area contributed by atoms with Crippen LogP contribution in [0.4, 0.5) is 5.69 Å². The van der Waals surface area contributed by atoms with E-state index in [4.69, 9.17) is 9.47 Å². The van der Waals surface area contributed by atoms with Crippen LogP contribution in [0.15, 0.2) is 29.3 Å². The summed E-state index contributed by atoms with van der Waals surface area (Å²) < 4.78 is 11.1. The lowest BCUT2D eigenvalue weighted by Crippen LogP contribution is -2.41. The summed E-state index contributed by atoms with van der Waals surface area (Å²) in [5.74, 6) is 1.01. The van der Waals surface area contributed by atoms with Crippen LogP contribution in [0.3, 0.4) is 0 Å². The van der Waals surface area contributed by atoms with Gasteiger partial charge in [-0.3, -0.25) is 4.99 Å². The fourth-order valence-electron chi connectivity index (χ4n) is 4.25. The molecule has 0 saturated carbocycles. The van der Waals surface area contributed by atoms with Crippen LogP contribution in [-0.2, 0) is 16.0 Å². The summed E-state index contributed by atoms with van der Waals surface area (Å²) in [6.07, 6.45) is 2.39. The van der Waals surface area contributed by atoms with Crippen molar-refractivity contribution in [1.29, 1.82) is 0 Å². The predicted octanol–water partition coefficient (Wildman–Crippen LogP) is 2.33. The molecule has 27 heavy (non-hydrogen) atoms. The SMILES string of the molecule is CN=C(NCc1ccc(N2CCOCC2)cc1)N1CCC2(CCOC2)C1.I. The number of halogens is 1. The molecule has 0 amide bonds. The first-order chi connectivity index (χ1) is 12.8. The van der Waals surface area contributed by atoms with Crippen molar-refractivity contribution < 1.29 is 9.47 Å². The Morgan fingerprint density at radius 2 is 1.85 bits per heavy atom. The van der Waals surface area contributed by atoms with Crippen LogP contribution < -0.4 is 10.2 Å². The van der Waals surface area contributed by atoms with Crippen LogP contribution in [0.25, 0.3) is 0 Å². The van der Waals surface area contributed by atoms with Crippen molar-refractivity contribution in [2.75, 3.05) is 64.6 Å². The van der Waals surface area contributed by atoms with Gasteiger partial charge in [-0.25, -0.2) is 0 Å². The van der Waals surface area contributed by atoms with Gasteiger partial charge in [-0.2, -0.15) is 0 Å². The minimum absolute atomic E-state index is 0. The topological polar surface area (TPSA) is 49.3 Å².